The number of amides is 2. The molecule has 0 aliphatic carbocycles. The van der Waals surface area contributed by atoms with Gasteiger partial charge in [-0.1, -0.05) is 19.1 Å². The summed E-state index contributed by atoms with van der Waals surface area (Å²) in [6.45, 7) is 3.92. The van der Waals surface area contributed by atoms with E-state index in [1.54, 1.807) is 45.2 Å². The van der Waals surface area contributed by atoms with Gasteiger partial charge in [-0.3, -0.25) is 14.3 Å². The molecular formula is C21H25F3N4O3. The number of alkyl halides is 3. The van der Waals surface area contributed by atoms with Gasteiger partial charge in [0.15, 0.2) is 5.69 Å². The number of hydrogen-bond acceptors (Lipinski definition) is 4. The molecule has 168 valence electrons. The number of hydrogen-bond donors (Lipinski definition) is 1. The molecule has 0 fully saturated rings. The molecule has 1 aromatic heterocycles. The Labute approximate surface area is 178 Å². The van der Waals surface area contributed by atoms with Gasteiger partial charge in [0.25, 0.3) is 11.8 Å². The number of fused-ring (bicyclic) bond motifs is 1. The molecule has 0 radical (unpaired) electrons. The largest absolute Gasteiger partial charge is 0.489 e. The van der Waals surface area contributed by atoms with Crippen LogP contribution in [0.5, 0.6) is 5.75 Å². The molecule has 2 aromatic rings. The standard InChI is InChI=1S/C21H25F3N4O3/c1-4-15-13(10-11-21(22,23)24)18(26-28(15)5-2)19(29)25-14-12-31-17-9-7-6-8-16(17)27(3)20(14)30/h6-9,14H,4-5,10-12H2,1-3H3,(H,25,29)/t14-/m0/s1. The molecule has 10 heteroatoms. The van der Waals surface area contributed by atoms with Crippen LogP contribution in [0.25, 0.3) is 0 Å². The second-order valence-electron chi connectivity index (χ2n) is 7.26. The van der Waals surface area contributed by atoms with E-state index in [0.29, 0.717) is 30.1 Å². The van der Waals surface area contributed by atoms with E-state index in [2.05, 4.69) is 10.4 Å². The van der Waals surface area contributed by atoms with Crippen LogP contribution < -0.4 is 15.0 Å². The molecule has 7 nitrogen and oxygen atoms in total. The van der Waals surface area contributed by atoms with Crippen LogP contribution in [0, 0.1) is 0 Å². The highest BCUT2D eigenvalue weighted by Crippen LogP contribution is 2.30. The van der Waals surface area contributed by atoms with Crippen molar-refractivity contribution >= 4 is 17.5 Å². The lowest BCUT2D eigenvalue weighted by atomic mass is 10.0. The van der Waals surface area contributed by atoms with Crippen LogP contribution in [0.2, 0.25) is 0 Å². The molecule has 0 saturated carbocycles. The van der Waals surface area contributed by atoms with E-state index in [9.17, 15) is 22.8 Å². The Morgan fingerprint density at radius 2 is 2.00 bits per heavy atom. The smallest absolute Gasteiger partial charge is 0.389 e. The highest BCUT2D eigenvalue weighted by Gasteiger charge is 2.34. The number of carbonyl (C=O) groups excluding carboxylic acids is 2. The van der Waals surface area contributed by atoms with Gasteiger partial charge >= 0.3 is 6.18 Å². The molecule has 2 heterocycles. The second kappa shape index (κ2) is 8.99. The molecule has 1 aliphatic rings. The summed E-state index contributed by atoms with van der Waals surface area (Å²) in [6, 6.07) is 5.98. The molecule has 0 spiro atoms. The molecule has 0 bridgehead atoms. The SMILES string of the molecule is CCc1c(CCC(F)(F)F)c(C(=O)N[C@H]2COc3ccccc3N(C)C2=O)nn1CC. The molecule has 3 rings (SSSR count). The van der Waals surface area contributed by atoms with Crippen molar-refractivity contribution in [2.75, 3.05) is 18.6 Å². The number of para-hydroxylation sites is 2. The third kappa shape index (κ3) is 4.83. The van der Waals surface area contributed by atoms with Gasteiger partial charge in [0.1, 0.15) is 18.4 Å². The first-order valence-electron chi connectivity index (χ1n) is 10.1. The Bertz CT molecular complexity index is 971. The lowest BCUT2D eigenvalue weighted by molar-refractivity contribution is -0.134. The van der Waals surface area contributed by atoms with Gasteiger partial charge in [-0.05, 0) is 31.9 Å². The predicted molar refractivity (Wildman–Crippen MR) is 108 cm³/mol. The average Bonchev–Trinajstić information content (AvgIpc) is 3.06. The van der Waals surface area contributed by atoms with Gasteiger partial charge in [-0.2, -0.15) is 18.3 Å². The lowest BCUT2D eigenvalue weighted by Crippen LogP contribution is -2.49. The van der Waals surface area contributed by atoms with E-state index in [0.717, 1.165) is 0 Å². The first-order valence-corrected chi connectivity index (χ1v) is 10.1. The third-order valence-electron chi connectivity index (χ3n) is 5.24. The summed E-state index contributed by atoms with van der Waals surface area (Å²) in [5, 5.41) is 6.85. The van der Waals surface area contributed by atoms with E-state index in [1.165, 1.54) is 9.58 Å². The molecule has 1 N–H and O–H groups in total. The Morgan fingerprint density at radius 1 is 1.29 bits per heavy atom. The summed E-state index contributed by atoms with van der Waals surface area (Å²) in [7, 11) is 1.57. The summed E-state index contributed by atoms with van der Waals surface area (Å²) in [5.74, 6) is -0.578. The Morgan fingerprint density at radius 3 is 2.65 bits per heavy atom. The van der Waals surface area contributed by atoms with Crippen LogP contribution in [0.3, 0.4) is 0 Å². The normalized spacial score (nSPS) is 16.5. The van der Waals surface area contributed by atoms with Crippen molar-refractivity contribution in [1.29, 1.82) is 0 Å². The van der Waals surface area contributed by atoms with Gasteiger partial charge < -0.3 is 15.0 Å². The molecule has 1 aromatic carbocycles. The fourth-order valence-corrected chi connectivity index (χ4v) is 3.69. The Kier molecular flexibility index (Phi) is 6.56. The van der Waals surface area contributed by atoms with Crippen molar-refractivity contribution in [3.63, 3.8) is 0 Å². The first-order chi connectivity index (χ1) is 14.7. The minimum absolute atomic E-state index is 0.0832. The van der Waals surface area contributed by atoms with E-state index >= 15 is 0 Å². The van der Waals surface area contributed by atoms with Crippen LogP contribution in [0.4, 0.5) is 18.9 Å². The molecule has 2 amide bonds. The fraction of sp³-hybridized carbons (Fsp3) is 0.476. The zero-order chi connectivity index (χ0) is 22.8. The van der Waals surface area contributed by atoms with Crippen molar-refractivity contribution in [3.8, 4) is 5.75 Å². The maximum absolute atomic E-state index is 13.0. The molecule has 1 aliphatic heterocycles. The molecular weight excluding hydrogens is 413 g/mol. The zero-order valence-corrected chi connectivity index (χ0v) is 17.6. The van der Waals surface area contributed by atoms with Crippen molar-refractivity contribution < 1.29 is 27.5 Å². The number of ether oxygens (including phenoxy) is 1. The van der Waals surface area contributed by atoms with Crippen molar-refractivity contribution in [2.24, 2.45) is 0 Å². The maximum atomic E-state index is 13.0. The number of aromatic nitrogens is 2. The molecule has 0 saturated heterocycles. The molecule has 31 heavy (non-hydrogen) atoms. The quantitative estimate of drug-likeness (QED) is 0.752. The summed E-state index contributed by atoms with van der Waals surface area (Å²) >= 11 is 0. The summed E-state index contributed by atoms with van der Waals surface area (Å²) in [6.07, 6.45) is -5.33. The van der Waals surface area contributed by atoms with Crippen LogP contribution in [-0.4, -0.2) is 47.5 Å². The minimum atomic E-state index is -4.35. The van der Waals surface area contributed by atoms with Gasteiger partial charge in [-0.25, -0.2) is 0 Å². The maximum Gasteiger partial charge on any atom is 0.389 e. The number of rotatable bonds is 6. The summed E-state index contributed by atoms with van der Waals surface area (Å²) < 4.78 is 45.8. The highest BCUT2D eigenvalue weighted by molar-refractivity contribution is 6.03. The monoisotopic (exact) mass is 438 g/mol. The van der Waals surface area contributed by atoms with Crippen LogP contribution in [0.15, 0.2) is 24.3 Å². The summed E-state index contributed by atoms with van der Waals surface area (Å²) in [4.78, 5) is 27.2. The van der Waals surface area contributed by atoms with Crippen LogP contribution in [-0.2, 0) is 24.2 Å². The number of nitrogens with one attached hydrogen (secondary N) is 1. The average molecular weight is 438 g/mol. The van der Waals surface area contributed by atoms with E-state index in [1.807, 2.05) is 0 Å². The predicted octanol–water partition coefficient (Wildman–Crippen LogP) is 3.11. The van der Waals surface area contributed by atoms with E-state index < -0.39 is 24.5 Å². The Balaban J connectivity index is 1.86. The first kappa shape index (κ1) is 22.6. The third-order valence-corrected chi connectivity index (χ3v) is 5.24. The Hall–Kier alpha value is -3.04. The number of aryl methyl sites for hydroxylation is 1. The van der Waals surface area contributed by atoms with Crippen molar-refractivity contribution in [2.45, 2.75) is 51.9 Å². The number of benzene rings is 1. The van der Waals surface area contributed by atoms with Gasteiger partial charge in [0.05, 0.1) is 5.69 Å². The minimum Gasteiger partial charge on any atom is -0.489 e. The highest BCUT2D eigenvalue weighted by atomic mass is 19.4. The molecule has 1 atom stereocenters. The van der Waals surface area contributed by atoms with Gasteiger partial charge in [0, 0.05) is 31.3 Å². The second-order valence-corrected chi connectivity index (χ2v) is 7.26. The number of anilines is 1. The summed E-state index contributed by atoms with van der Waals surface area (Å²) in [5.41, 5.74) is 1.33. The number of carbonyl (C=O) groups is 2. The lowest BCUT2D eigenvalue weighted by Gasteiger charge is -2.20. The van der Waals surface area contributed by atoms with Crippen LogP contribution >= 0.6 is 0 Å². The van der Waals surface area contributed by atoms with E-state index in [-0.39, 0.29) is 30.2 Å². The van der Waals surface area contributed by atoms with Crippen molar-refractivity contribution in [1.82, 2.24) is 15.1 Å². The van der Waals surface area contributed by atoms with E-state index in [4.69, 9.17) is 4.74 Å². The van der Waals surface area contributed by atoms with Crippen LogP contribution in [0.1, 0.15) is 42.0 Å². The zero-order valence-electron chi connectivity index (χ0n) is 17.6. The number of likely N-dealkylation sites (N-methyl/N-ethyl adjacent to an activating group) is 1. The van der Waals surface area contributed by atoms with Gasteiger partial charge in [0.2, 0.25) is 0 Å². The topological polar surface area (TPSA) is 76.5 Å². The molecule has 0 unspecified atom stereocenters. The fourth-order valence-electron chi connectivity index (χ4n) is 3.69. The van der Waals surface area contributed by atoms with Gasteiger partial charge in [-0.15, -0.1) is 0 Å². The van der Waals surface area contributed by atoms with Crippen molar-refractivity contribution in [3.05, 3.63) is 41.2 Å². The number of halogens is 3. The number of nitrogens with zero attached hydrogens (tertiary/aromatic N) is 3.